The van der Waals surface area contributed by atoms with Crippen LogP contribution in [0.1, 0.15) is 12.0 Å². The van der Waals surface area contributed by atoms with E-state index in [0.717, 1.165) is 12.0 Å². The first kappa shape index (κ1) is 16.8. The maximum atomic E-state index is 11.8. The Hall–Kier alpha value is -1.21. The molecule has 0 heterocycles. The second-order valence-electron chi connectivity index (χ2n) is 4.65. The third-order valence-electron chi connectivity index (χ3n) is 3.34. The van der Waals surface area contributed by atoms with E-state index >= 15 is 0 Å². The molecule has 1 aromatic rings. The van der Waals surface area contributed by atoms with E-state index in [9.17, 15) is 4.79 Å². The minimum atomic E-state index is -2.81. The molecular formula is C14H24NO4Si-. The van der Waals surface area contributed by atoms with Crippen molar-refractivity contribution in [3.8, 4) is 0 Å². The predicted octanol–water partition coefficient (Wildman–Crippen LogP) is 1.35. The van der Waals surface area contributed by atoms with Gasteiger partial charge in [-0.3, -0.25) is 0 Å². The summed E-state index contributed by atoms with van der Waals surface area (Å²) in [5.41, 5.74) is 1.02. The van der Waals surface area contributed by atoms with Gasteiger partial charge >= 0.3 is 121 Å². The van der Waals surface area contributed by atoms with Gasteiger partial charge in [0.2, 0.25) is 0 Å². The molecule has 20 heavy (non-hydrogen) atoms. The molecule has 114 valence electrons. The number of carbonyl (C=O) groups is 1. The summed E-state index contributed by atoms with van der Waals surface area (Å²) in [5.74, 6) is 0.0269. The average Bonchev–Trinajstić information content (AvgIpc) is 2.49. The zero-order valence-corrected chi connectivity index (χ0v) is 13.6. The first-order valence-corrected chi connectivity index (χ1v) is 9.00. The minimum absolute atomic E-state index is 0.0269. The van der Waals surface area contributed by atoms with E-state index < -0.39 is 8.80 Å². The van der Waals surface area contributed by atoms with Crippen LogP contribution in [0.25, 0.3) is 0 Å². The number of benzene rings is 1. The van der Waals surface area contributed by atoms with Crippen LogP contribution in [0.4, 0.5) is 0 Å². The van der Waals surface area contributed by atoms with Crippen molar-refractivity contribution in [2.24, 2.45) is 0 Å². The number of hydrogen-bond acceptors (Lipinski definition) is 4. The van der Waals surface area contributed by atoms with Crippen LogP contribution in [0.5, 0.6) is 0 Å². The Morgan fingerprint density at radius 2 is 1.70 bits per heavy atom. The molecule has 0 atom stereocenters. The number of nitrogens with one attached hydrogen (secondary N) is 1. The van der Waals surface area contributed by atoms with Crippen LogP contribution in [0.15, 0.2) is 30.3 Å². The molecule has 1 aromatic carbocycles. The molecule has 0 saturated heterocycles. The summed E-state index contributed by atoms with van der Waals surface area (Å²) in [5, 5.41) is 2.90. The molecule has 0 radical (unpaired) electrons. The molecule has 6 heteroatoms. The molecule has 0 unspecified atom stereocenters. The van der Waals surface area contributed by atoms with Gasteiger partial charge in [0.15, 0.2) is 0 Å². The van der Waals surface area contributed by atoms with Crippen LogP contribution in [0, 0.1) is 0 Å². The molecule has 5 nitrogen and oxygen atoms in total. The van der Waals surface area contributed by atoms with Crippen LogP contribution >= 0.6 is 0 Å². The molecule has 0 fully saturated rings. The summed E-state index contributed by atoms with van der Waals surface area (Å²) < 4.78 is 16.0. The summed E-state index contributed by atoms with van der Waals surface area (Å²) in [6, 6.07) is 10.4. The Morgan fingerprint density at radius 3 is 2.25 bits per heavy atom. The summed E-state index contributed by atoms with van der Waals surface area (Å²) in [6.45, 7) is 0.601. The van der Waals surface area contributed by atoms with Crippen molar-refractivity contribution in [3.63, 3.8) is 0 Å². The molecule has 0 aliphatic heterocycles. The van der Waals surface area contributed by atoms with E-state index in [1.165, 1.54) is 0 Å². The summed E-state index contributed by atoms with van der Waals surface area (Å²) in [7, 11) is 2.00. The Labute approximate surface area is 121 Å². The quantitative estimate of drug-likeness (QED) is 0.552. The molecule has 0 saturated carbocycles. The molecule has 0 aliphatic rings. The van der Waals surface area contributed by atoms with Crippen molar-refractivity contribution in [3.05, 3.63) is 35.9 Å². The van der Waals surface area contributed by atoms with E-state index in [2.05, 4.69) is 5.32 Å². The monoisotopic (exact) mass is 298 g/mol. The summed E-state index contributed by atoms with van der Waals surface area (Å²) >= 11 is 0. The van der Waals surface area contributed by atoms with E-state index in [1.807, 2.05) is 30.3 Å². The average molecular weight is 298 g/mol. The maximum absolute atomic E-state index is 11.8. The summed E-state index contributed by atoms with van der Waals surface area (Å²) in [4.78, 5) is 11.8. The number of carbonyl (C=O) groups excluding carboxylic acids is 1. The number of amides is 1. The van der Waals surface area contributed by atoms with Crippen molar-refractivity contribution in [2.45, 2.75) is 18.9 Å². The molecule has 0 spiro atoms. The van der Waals surface area contributed by atoms with Gasteiger partial charge in [-0.1, -0.05) is 0 Å². The van der Waals surface area contributed by atoms with Crippen LogP contribution in [0.3, 0.4) is 0 Å². The molecule has 0 aliphatic carbocycles. The summed E-state index contributed by atoms with van der Waals surface area (Å²) in [6.07, 6.45) is 1.19. The third kappa shape index (κ3) is 5.42. The topological polar surface area (TPSA) is 56.8 Å². The van der Waals surface area contributed by atoms with Gasteiger partial charge in [0.05, 0.1) is 0 Å². The second-order valence-corrected chi connectivity index (χ2v) is 8.22. The van der Waals surface area contributed by atoms with E-state index in [-0.39, 0.29) is 5.91 Å². The third-order valence-corrected chi connectivity index (χ3v) is 6.61. The molecule has 0 aromatic heterocycles. The van der Waals surface area contributed by atoms with Crippen molar-refractivity contribution in [2.75, 3.05) is 27.9 Å². The van der Waals surface area contributed by atoms with Crippen molar-refractivity contribution in [1.29, 1.82) is 0 Å². The Balaban J connectivity index is 2.25. The fourth-order valence-corrected chi connectivity index (χ4v) is 4.05. The normalized spacial score (nSPS) is 12.2. The van der Waals surface area contributed by atoms with Crippen LogP contribution in [-0.4, -0.2) is 42.6 Å². The van der Waals surface area contributed by atoms with E-state index in [1.54, 1.807) is 21.3 Å². The first-order chi connectivity index (χ1) is 9.65. The van der Waals surface area contributed by atoms with Crippen molar-refractivity contribution in [1.82, 2.24) is 5.32 Å². The number of hydrogen-bond donors (Lipinski definition) is 1. The molecular weight excluding hydrogens is 274 g/mol. The van der Waals surface area contributed by atoms with Gasteiger partial charge in [-0.25, -0.2) is 0 Å². The Morgan fingerprint density at radius 1 is 1.10 bits per heavy atom. The predicted molar refractivity (Wildman–Crippen MR) is 80.8 cm³/mol. The molecule has 1 rings (SSSR count). The standard InChI is InChI=1S/C14H24NO4Si/c1-17-20(18-2,19-3)11-7-10-15-14(16)12-13-8-5-4-6-9-13/h4-6,8-9,20H,7,10-12H2,1-3H3,(H,15,16)/q-1. The molecule has 1 N–H and O–H groups in total. The van der Waals surface area contributed by atoms with Gasteiger partial charge in [-0.15, -0.1) is 0 Å². The van der Waals surface area contributed by atoms with E-state index in [0.29, 0.717) is 19.0 Å². The van der Waals surface area contributed by atoms with Crippen molar-refractivity contribution < 1.29 is 18.1 Å². The van der Waals surface area contributed by atoms with E-state index in [4.69, 9.17) is 13.3 Å². The fraction of sp³-hybridized carbons (Fsp3) is 0.500. The Bertz CT molecular complexity index is 387. The first-order valence-electron chi connectivity index (χ1n) is 6.77. The zero-order valence-electron chi connectivity index (χ0n) is 12.4. The van der Waals surface area contributed by atoms with Gasteiger partial charge in [0.1, 0.15) is 0 Å². The SMILES string of the molecule is CO[SiH-](CCCNC(=O)Cc1ccccc1)(OC)OC. The second kappa shape index (κ2) is 8.86. The van der Waals surface area contributed by atoms with Gasteiger partial charge in [0.25, 0.3) is 0 Å². The van der Waals surface area contributed by atoms with Crippen LogP contribution in [0.2, 0.25) is 6.04 Å². The molecule has 1 amide bonds. The van der Waals surface area contributed by atoms with Gasteiger partial charge in [0, 0.05) is 0 Å². The van der Waals surface area contributed by atoms with Gasteiger partial charge in [-0.05, 0) is 0 Å². The van der Waals surface area contributed by atoms with Crippen LogP contribution < -0.4 is 5.32 Å². The zero-order chi connectivity index (χ0) is 14.8. The van der Waals surface area contributed by atoms with Gasteiger partial charge in [-0.2, -0.15) is 0 Å². The molecule has 0 bridgehead atoms. The van der Waals surface area contributed by atoms with Gasteiger partial charge < -0.3 is 0 Å². The Kier molecular flexibility index (Phi) is 7.46. The number of rotatable bonds is 9. The van der Waals surface area contributed by atoms with Crippen LogP contribution in [-0.2, 0) is 24.5 Å². The fourth-order valence-electron chi connectivity index (χ4n) is 2.07. The van der Waals surface area contributed by atoms with Crippen molar-refractivity contribution >= 4 is 14.7 Å².